The van der Waals surface area contributed by atoms with Gasteiger partial charge < -0.3 is 4.57 Å². The van der Waals surface area contributed by atoms with E-state index in [1.807, 2.05) is 29.9 Å². The second-order valence-electron chi connectivity index (χ2n) is 6.42. The predicted octanol–water partition coefficient (Wildman–Crippen LogP) is 3.95. The number of hydrogen-bond acceptors (Lipinski definition) is 3. The summed E-state index contributed by atoms with van der Waals surface area (Å²) in [6, 6.07) is 8.53. The molecule has 0 unspecified atom stereocenters. The van der Waals surface area contributed by atoms with E-state index in [-0.39, 0.29) is 0 Å². The maximum Gasteiger partial charge on any atom is 0.163 e. The van der Waals surface area contributed by atoms with Crippen molar-refractivity contribution in [2.45, 2.75) is 39.9 Å². The second kappa shape index (κ2) is 6.57. The van der Waals surface area contributed by atoms with Crippen LogP contribution in [0.25, 0.3) is 22.6 Å². The number of imidazole rings is 1. The van der Waals surface area contributed by atoms with Gasteiger partial charge in [-0.05, 0) is 40.0 Å². The average Bonchev–Trinajstić information content (AvgIpc) is 3.06. The van der Waals surface area contributed by atoms with E-state index in [9.17, 15) is 0 Å². The van der Waals surface area contributed by atoms with Gasteiger partial charge in [-0.1, -0.05) is 23.7 Å². The minimum Gasteiger partial charge on any atom is -0.326 e. The van der Waals surface area contributed by atoms with Crippen LogP contribution < -0.4 is 0 Å². The molecule has 0 amide bonds. The van der Waals surface area contributed by atoms with E-state index in [1.54, 1.807) is 0 Å². The predicted molar refractivity (Wildman–Crippen MR) is 99.2 cm³/mol. The molecule has 0 saturated heterocycles. The molecule has 0 aliphatic rings. The third-order valence-electron chi connectivity index (χ3n) is 4.57. The number of aromatic nitrogens is 4. The number of fused-ring (bicyclic) bond motifs is 1. The van der Waals surface area contributed by atoms with Gasteiger partial charge in [-0.3, -0.25) is 9.58 Å². The van der Waals surface area contributed by atoms with E-state index in [2.05, 4.69) is 43.4 Å². The smallest absolute Gasteiger partial charge is 0.163 e. The molecule has 0 aliphatic carbocycles. The molecule has 0 saturated carbocycles. The van der Waals surface area contributed by atoms with E-state index in [4.69, 9.17) is 21.7 Å². The van der Waals surface area contributed by atoms with Gasteiger partial charge in [0.05, 0.1) is 21.7 Å². The highest BCUT2D eigenvalue weighted by atomic mass is 35.5. The van der Waals surface area contributed by atoms with Crippen molar-refractivity contribution in [2.75, 3.05) is 7.05 Å². The molecule has 6 heteroatoms. The lowest BCUT2D eigenvalue weighted by Crippen LogP contribution is -2.27. The van der Waals surface area contributed by atoms with Crippen molar-refractivity contribution in [1.82, 2.24) is 24.2 Å². The minimum absolute atomic E-state index is 0.445. The minimum atomic E-state index is 0.445. The van der Waals surface area contributed by atoms with E-state index in [1.165, 1.54) is 0 Å². The first-order valence-corrected chi connectivity index (χ1v) is 8.69. The van der Waals surface area contributed by atoms with Crippen LogP contribution in [0.1, 0.15) is 26.5 Å². The standard InChI is InChI=1S/C18H24ClN5/c1-6-24-15(11-22(4)12(2)3)16(19)17(21-24)18-20-13-9-7-8-10-14(13)23(18)5/h7-10,12H,6,11H2,1-5H3. The highest BCUT2D eigenvalue weighted by molar-refractivity contribution is 6.33. The zero-order valence-electron chi connectivity index (χ0n) is 14.9. The number of para-hydroxylation sites is 2. The summed E-state index contributed by atoms with van der Waals surface area (Å²) in [4.78, 5) is 6.99. The largest absolute Gasteiger partial charge is 0.326 e. The van der Waals surface area contributed by atoms with Gasteiger partial charge in [-0.25, -0.2) is 4.98 Å². The second-order valence-corrected chi connectivity index (χ2v) is 6.80. The van der Waals surface area contributed by atoms with Crippen molar-refractivity contribution in [3.63, 3.8) is 0 Å². The Hall–Kier alpha value is -1.85. The van der Waals surface area contributed by atoms with Crippen molar-refractivity contribution in [2.24, 2.45) is 7.05 Å². The number of aryl methyl sites for hydroxylation is 2. The average molecular weight is 346 g/mol. The highest BCUT2D eigenvalue weighted by Crippen LogP contribution is 2.32. The summed E-state index contributed by atoms with van der Waals surface area (Å²) in [5.74, 6) is 0.807. The van der Waals surface area contributed by atoms with Crippen LogP contribution in [0.4, 0.5) is 0 Å². The normalized spacial score (nSPS) is 12.0. The number of halogens is 1. The van der Waals surface area contributed by atoms with Crippen LogP contribution in [0.5, 0.6) is 0 Å². The van der Waals surface area contributed by atoms with Gasteiger partial charge in [0.25, 0.3) is 0 Å². The topological polar surface area (TPSA) is 38.9 Å². The molecule has 24 heavy (non-hydrogen) atoms. The molecule has 0 aliphatic heterocycles. The molecule has 0 radical (unpaired) electrons. The van der Waals surface area contributed by atoms with Crippen molar-refractivity contribution in [3.8, 4) is 11.5 Å². The van der Waals surface area contributed by atoms with Crippen LogP contribution >= 0.6 is 11.6 Å². The van der Waals surface area contributed by atoms with Crippen LogP contribution in [0.2, 0.25) is 5.02 Å². The van der Waals surface area contributed by atoms with Crippen LogP contribution in [0.3, 0.4) is 0 Å². The maximum atomic E-state index is 6.73. The molecular weight excluding hydrogens is 322 g/mol. The van der Waals surface area contributed by atoms with Gasteiger partial charge >= 0.3 is 0 Å². The maximum absolute atomic E-state index is 6.73. The quantitative estimate of drug-likeness (QED) is 0.702. The SMILES string of the molecule is CCn1nc(-c2nc3ccccc3n2C)c(Cl)c1CN(C)C(C)C. The Morgan fingerprint density at radius 3 is 2.58 bits per heavy atom. The summed E-state index contributed by atoms with van der Waals surface area (Å²) < 4.78 is 4.04. The molecule has 0 spiro atoms. The molecule has 0 fully saturated rings. The first-order valence-electron chi connectivity index (χ1n) is 8.31. The molecular formula is C18H24ClN5. The van der Waals surface area contributed by atoms with Gasteiger partial charge in [0, 0.05) is 26.2 Å². The molecule has 1 aromatic carbocycles. The summed E-state index contributed by atoms with van der Waals surface area (Å²) in [7, 11) is 4.11. The van der Waals surface area contributed by atoms with Crippen molar-refractivity contribution in [3.05, 3.63) is 35.0 Å². The Kier molecular flexibility index (Phi) is 4.65. The van der Waals surface area contributed by atoms with Crippen LogP contribution in [0, 0.1) is 0 Å². The lowest BCUT2D eigenvalue weighted by molar-refractivity contribution is 0.257. The summed E-state index contributed by atoms with van der Waals surface area (Å²) in [5, 5.41) is 5.44. The van der Waals surface area contributed by atoms with E-state index in [0.717, 1.165) is 41.3 Å². The molecule has 3 rings (SSSR count). The zero-order chi connectivity index (χ0) is 17.4. The van der Waals surface area contributed by atoms with Crippen molar-refractivity contribution < 1.29 is 0 Å². The molecule has 128 valence electrons. The fourth-order valence-electron chi connectivity index (χ4n) is 2.81. The monoisotopic (exact) mass is 345 g/mol. The number of benzene rings is 1. The third-order valence-corrected chi connectivity index (χ3v) is 4.97. The first kappa shape index (κ1) is 17.0. The van der Waals surface area contributed by atoms with E-state index >= 15 is 0 Å². The molecule has 2 heterocycles. The Bertz CT molecular complexity index is 862. The Morgan fingerprint density at radius 2 is 1.96 bits per heavy atom. The van der Waals surface area contributed by atoms with Crippen molar-refractivity contribution in [1.29, 1.82) is 0 Å². The fourth-order valence-corrected chi connectivity index (χ4v) is 3.09. The molecule has 5 nitrogen and oxygen atoms in total. The van der Waals surface area contributed by atoms with Gasteiger partial charge in [0.2, 0.25) is 0 Å². The molecule has 3 aromatic rings. The van der Waals surface area contributed by atoms with E-state index < -0.39 is 0 Å². The van der Waals surface area contributed by atoms with Gasteiger partial charge in [-0.2, -0.15) is 5.10 Å². The molecule has 2 aromatic heterocycles. The summed E-state index contributed by atoms with van der Waals surface area (Å²) in [6.07, 6.45) is 0. The molecule has 0 atom stereocenters. The Balaban J connectivity index is 2.11. The Morgan fingerprint density at radius 1 is 1.25 bits per heavy atom. The van der Waals surface area contributed by atoms with Crippen LogP contribution in [0.15, 0.2) is 24.3 Å². The number of nitrogens with zero attached hydrogens (tertiary/aromatic N) is 5. The third kappa shape index (κ3) is 2.82. The van der Waals surface area contributed by atoms with Gasteiger partial charge in [0.15, 0.2) is 5.82 Å². The lowest BCUT2D eigenvalue weighted by atomic mass is 10.2. The van der Waals surface area contributed by atoms with Crippen LogP contribution in [-0.2, 0) is 20.1 Å². The Labute approximate surface area is 147 Å². The lowest BCUT2D eigenvalue weighted by Gasteiger charge is -2.21. The van der Waals surface area contributed by atoms with Crippen LogP contribution in [-0.4, -0.2) is 37.3 Å². The highest BCUT2D eigenvalue weighted by Gasteiger charge is 2.22. The summed E-state index contributed by atoms with van der Waals surface area (Å²) >= 11 is 6.73. The van der Waals surface area contributed by atoms with Crippen molar-refractivity contribution >= 4 is 22.6 Å². The summed E-state index contributed by atoms with van der Waals surface area (Å²) in [6.45, 7) is 7.98. The summed E-state index contributed by atoms with van der Waals surface area (Å²) in [5.41, 5.74) is 3.83. The zero-order valence-corrected chi connectivity index (χ0v) is 15.7. The molecule has 0 N–H and O–H groups in total. The fraction of sp³-hybridized carbons (Fsp3) is 0.444. The van der Waals surface area contributed by atoms with Gasteiger partial charge in [0.1, 0.15) is 5.69 Å². The number of rotatable bonds is 5. The number of hydrogen-bond donors (Lipinski definition) is 0. The molecule has 0 bridgehead atoms. The van der Waals surface area contributed by atoms with E-state index in [0.29, 0.717) is 11.1 Å². The van der Waals surface area contributed by atoms with Gasteiger partial charge in [-0.15, -0.1) is 0 Å². The first-order chi connectivity index (χ1) is 11.4.